The van der Waals surface area contributed by atoms with Crippen molar-refractivity contribution in [1.82, 2.24) is 0 Å². The Morgan fingerprint density at radius 1 is 1.31 bits per heavy atom. The van der Waals surface area contributed by atoms with Gasteiger partial charge in [-0.2, -0.15) is 0 Å². The number of benzene rings is 1. The van der Waals surface area contributed by atoms with Crippen molar-refractivity contribution in [2.45, 2.75) is 4.90 Å². The molecule has 0 aliphatic rings. The van der Waals surface area contributed by atoms with Crippen molar-refractivity contribution in [3.63, 3.8) is 0 Å². The van der Waals surface area contributed by atoms with Crippen LogP contribution in [0.15, 0.2) is 45.9 Å². The van der Waals surface area contributed by atoms with E-state index in [0.29, 0.717) is 14.9 Å². The highest BCUT2D eigenvalue weighted by atomic mass is 35.5. The van der Waals surface area contributed by atoms with Crippen molar-refractivity contribution in [3.8, 4) is 0 Å². The molecular weight excluding hydrogens is 287 g/mol. The molecule has 1 aromatic carbocycles. The summed E-state index contributed by atoms with van der Waals surface area (Å²) in [6.45, 7) is 3.19. The van der Waals surface area contributed by atoms with E-state index in [1.807, 2.05) is 0 Å². The molecule has 6 heteroatoms. The largest absolute Gasteiger partial charge is 0.220 e. The molecule has 16 heavy (non-hydrogen) atoms. The number of halogens is 2. The van der Waals surface area contributed by atoms with E-state index in [1.54, 1.807) is 18.2 Å². The van der Waals surface area contributed by atoms with Crippen LogP contribution in [0.25, 0.3) is 0 Å². The molecule has 0 aromatic heterocycles. The summed E-state index contributed by atoms with van der Waals surface area (Å²) in [7, 11) is -3.33. The maximum Gasteiger partial charge on any atom is 0.192 e. The lowest BCUT2D eigenvalue weighted by Crippen LogP contribution is -1.85. The lowest BCUT2D eigenvalue weighted by Gasteiger charge is -2.00. The second-order valence-corrected chi connectivity index (χ2v) is 6.30. The number of thioether (sulfide) groups is 1. The van der Waals surface area contributed by atoms with Crippen LogP contribution in [-0.2, 0) is 9.84 Å². The van der Waals surface area contributed by atoms with Gasteiger partial charge in [-0.05, 0) is 23.6 Å². The molecule has 0 atom stereocenters. The molecule has 0 radical (unpaired) electrons. The lowest BCUT2D eigenvalue weighted by atomic mass is 10.4. The fourth-order valence-electron chi connectivity index (χ4n) is 0.802. The van der Waals surface area contributed by atoms with Gasteiger partial charge in [-0.15, -0.1) is 0 Å². The van der Waals surface area contributed by atoms with Gasteiger partial charge in [-0.25, -0.2) is 8.42 Å². The SMILES string of the molecule is C=CS(=O)(=O)C=CSc1cc(Cl)ccc1Cl. The van der Waals surface area contributed by atoms with Gasteiger partial charge < -0.3 is 0 Å². The summed E-state index contributed by atoms with van der Waals surface area (Å²) in [6.07, 6.45) is 0. The van der Waals surface area contributed by atoms with Gasteiger partial charge in [0, 0.05) is 20.7 Å². The predicted molar refractivity (Wildman–Crippen MR) is 70.6 cm³/mol. The lowest BCUT2D eigenvalue weighted by molar-refractivity contribution is 0.613. The third-order valence-electron chi connectivity index (χ3n) is 1.57. The molecule has 0 bridgehead atoms. The first-order chi connectivity index (χ1) is 7.44. The van der Waals surface area contributed by atoms with E-state index in [1.165, 1.54) is 17.2 Å². The molecule has 0 N–H and O–H groups in total. The summed E-state index contributed by atoms with van der Waals surface area (Å²) < 4.78 is 22.1. The molecule has 2 nitrogen and oxygen atoms in total. The molecule has 0 aliphatic carbocycles. The first-order valence-corrected chi connectivity index (χ1v) is 7.35. The number of hydrogen-bond acceptors (Lipinski definition) is 3. The standard InChI is InChI=1S/C10H8Cl2O2S2/c1-2-16(13,14)6-5-15-10-7-8(11)3-4-9(10)12/h2-7H,1H2. The Labute approximate surface area is 109 Å². The molecule has 0 heterocycles. The second kappa shape index (κ2) is 5.77. The molecule has 1 aromatic rings. The van der Waals surface area contributed by atoms with E-state index in [0.717, 1.165) is 10.8 Å². The van der Waals surface area contributed by atoms with Gasteiger partial charge in [0.1, 0.15) is 0 Å². The molecule has 0 aliphatic heterocycles. The number of sulfone groups is 1. The van der Waals surface area contributed by atoms with Crippen LogP contribution in [0.1, 0.15) is 0 Å². The summed E-state index contributed by atoms with van der Waals surface area (Å²) in [4.78, 5) is 0.699. The van der Waals surface area contributed by atoms with Crippen molar-refractivity contribution in [2.24, 2.45) is 0 Å². The van der Waals surface area contributed by atoms with Gasteiger partial charge in [-0.1, -0.05) is 41.5 Å². The summed E-state index contributed by atoms with van der Waals surface area (Å²) >= 11 is 12.9. The molecule has 0 saturated carbocycles. The van der Waals surface area contributed by atoms with E-state index in [9.17, 15) is 8.42 Å². The fraction of sp³-hybridized carbons (Fsp3) is 0. The Morgan fingerprint density at radius 2 is 2.00 bits per heavy atom. The molecule has 0 fully saturated rings. The van der Waals surface area contributed by atoms with Crippen LogP contribution in [0.4, 0.5) is 0 Å². The Kier molecular flexibility index (Phi) is 4.92. The molecule has 0 amide bonds. The van der Waals surface area contributed by atoms with Gasteiger partial charge in [0.2, 0.25) is 0 Å². The Morgan fingerprint density at radius 3 is 2.62 bits per heavy atom. The monoisotopic (exact) mass is 294 g/mol. The van der Waals surface area contributed by atoms with Crippen LogP contribution in [0.3, 0.4) is 0 Å². The van der Waals surface area contributed by atoms with Crippen LogP contribution >= 0.6 is 35.0 Å². The third kappa shape index (κ3) is 4.22. The Bertz CT molecular complexity index is 522. The van der Waals surface area contributed by atoms with Gasteiger partial charge in [0.25, 0.3) is 0 Å². The minimum Gasteiger partial charge on any atom is -0.220 e. The Balaban J connectivity index is 2.83. The van der Waals surface area contributed by atoms with Crippen LogP contribution in [-0.4, -0.2) is 8.42 Å². The summed E-state index contributed by atoms with van der Waals surface area (Å²) in [5.41, 5.74) is 0. The predicted octanol–water partition coefficient (Wildman–Crippen LogP) is 4.12. The molecule has 0 spiro atoms. The van der Waals surface area contributed by atoms with E-state index < -0.39 is 9.84 Å². The van der Waals surface area contributed by atoms with Crippen molar-refractivity contribution >= 4 is 44.8 Å². The topological polar surface area (TPSA) is 34.1 Å². The van der Waals surface area contributed by atoms with E-state index in [-0.39, 0.29) is 0 Å². The molecule has 0 saturated heterocycles. The van der Waals surface area contributed by atoms with Crippen LogP contribution in [0.2, 0.25) is 10.0 Å². The maximum absolute atomic E-state index is 11.1. The number of rotatable bonds is 4. The van der Waals surface area contributed by atoms with Gasteiger partial charge >= 0.3 is 0 Å². The molecule has 86 valence electrons. The second-order valence-electron chi connectivity index (χ2n) is 2.72. The zero-order chi connectivity index (χ0) is 12.2. The van der Waals surface area contributed by atoms with Crippen LogP contribution in [0.5, 0.6) is 0 Å². The average Bonchev–Trinajstić information content (AvgIpc) is 2.23. The van der Waals surface area contributed by atoms with Crippen molar-refractivity contribution < 1.29 is 8.42 Å². The van der Waals surface area contributed by atoms with Crippen molar-refractivity contribution in [3.05, 3.63) is 51.0 Å². The normalized spacial score (nSPS) is 11.9. The third-order valence-corrected chi connectivity index (χ3v) is 4.26. The summed E-state index contributed by atoms with van der Waals surface area (Å²) in [5, 5.41) is 4.43. The highest BCUT2D eigenvalue weighted by molar-refractivity contribution is 8.04. The zero-order valence-electron chi connectivity index (χ0n) is 8.06. The molecule has 1 rings (SSSR count). The average molecular weight is 295 g/mol. The first kappa shape index (κ1) is 13.6. The van der Waals surface area contributed by atoms with Crippen LogP contribution < -0.4 is 0 Å². The van der Waals surface area contributed by atoms with Crippen LogP contribution in [0, 0.1) is 0 Å². The van der Waals surface area contributed by atoms with Gasteiger partial charge in [-0.3, -0.25) is 0 Å². The minimum atomic E-state index is -3.33. The van der Waals surface area contributed by atoms with Gasteiger partial charge in [0.15, 0.2) is 9.84 Å². The number of hydrogen-bond donors (Lipinski definition) is 0. The van der Waals surface area contributed by atoms with Crippen molar-refractivity contribution in [2.75, 3.05) is 0 Å². The van der Waals surface area contributed by atoms with Gasteiger partial charge in [0.05, 0.1) is 5.02 Å². The molecule has 0 unspecified atom stereocenters. The summed E-state index contributed by atoms with van der Waals surface area (Å²) in [5.74, 6) is 0. The Hall–Kier alpha value is -0.420. The van der Waals surface area contributed by atoms with E-state index in [2.05, 4.69) is 6.58 Å². The molecular formula is C10H8Cl2O2S2. The zero-order valence-corrected chi connectivity index (χ0v) is 11.2. The first-order valence-electron chi connectivity index (χ1n) is 4.10. The van der Waals surface area contributed by atoms with E-state index >= 15 is 0 Å². The van der Waals surface area contributed by atoms with Crippen molar-refractivity contribution in [1.29, 1.82) is 0 Å². The quantitative estimate of drug-likeness (QED) is 0.784. The summed E-state index contributed by atoms with van der Waals surface area (Å²) in [6, 6.07) is 4.99. The highest BCUT2D eigenvalue weighted by Gasteiger charge is 2.01. The maximum atomic E-state index is 11.1. The highest BCUT2D eigenvalue weighted by Crippen LogP contribution is 2.30. The fourth-order valence-corrected chi connectivity index (χ4v) is 2.76. The minimum absolute atomic E-state index is 0.523. The van der Waals surface area contributed by atoms with E-state index in [4.69, 9.17) is 23.2 Å². The smallest absolute Gasteiger partial charge is 0.192 e.